The standard InChI is InChI=1S/C69H102N12O18S2/c1-4-5-7-13-53(83)34-51-44-100-42-49-30-48(36-75-26-28-80(29-27-75)59(86)38-76-18-20-77(39-61(88)89)22-24-79(41-63(92)93)25-23-78(21-19-76)40-62(90)91)31-50(32-49)43-101-45-52(69(98)99)35-57(84)55(33-47-11-8-6-9-12-47)72-65(94)54(15-16-58(70)85)71-67(96)64(46(2)82)73-66(95)56-14-10-17-81(56)60(87)37-74(3)68(51)97/h6,8-9,11-12,30-32,46,51-52,54-56,64,82H,4-5,7,10,13-29,33-45H2,1-3H3,(H2,70,85)(H,71,96)(H,72,94)(H,73,95)(H,88,89)(H,90,91)(H,92,93)(H,98,99)/t46-,51+,52+,54+,55+,56+,64+/m1/s1. The van der Waals surface area contributed by atoms with Gasteiger partial charge in [0.25, 0.3) is 0 Å². The molecule has 4 aliphatic heterocycles. The Morgan fingerprint density at radius 1 is 0.624 bits per heavy atom. The predicted molar refractivity (Wildman–Crippen MR) is 376 cm³/mol. The Morgan fingerprint density at radius 3 is 1.70 bits per heavy atom. The Morgan fingerprint density at radius 2 is 1.17 bits per heavy atom. The van der Waals surface area contributed by atoms with E-state index in [2.05, 4.69) is 20.9 Å². The predicted octanol–water partition coefficient (Wildman–Crippen LogP) is -0.105. The molecule has 4 heterocycles. The van der Waals surface area contributed by atoms with Crippen molar-refractivity contribution in [1.29, 1.82) is 0 Å². The number of thioether (sulfide) groups is 2. The van der Waals surface area contributed by atoms with Gasteiger partial charge < -0.3 is 61.9 Å². The third-order valence-corrected chi connectivity index (χ3v) is 20.8. The molecule has 7 amide bonds. The summed E-state index contributed by atoms with van der Waals surface area (Å²) in [5.74, 6) is -11.3. The molecule has 0 spiro atoms. The molecule has 4 aliphatic rings. The number of fused-ring (bicyclic) bond motifs is 3. The molecule has 10 N–H and O–H groups in total. The number of ketones is 2. The van der Waals surface area contributed by atoms with E-state index in [0.29, 0.717) is 56.9 Å². The number of hydrogen-bond acceptors (Lipinski definition) is 21. The second kappa shape index (κ2) is 42.1. The number of hydrogen-bond donors (Lipinski definition) is 9. The van der Waals surface area contributed by atoms with Crippen LogP contribution in [0, 0.1) is 11.8 Å². The van der Waals surface area contributed by atoms with E-state index in [1.165, 1.54) is 47.3 Å². The van der Waals surface area contributed by atoms with E-state index >= 15 is 0 Å². The molecule has 30 nitrogen and oxygen atoms in total. The molecule has 0 radical (unpaired) electrons. The summed E-state index contributed by atoms with van der Waals surface area (Å²) < 4.78 is 0. The average Bonchev–Trinajstić information content (AvgIpc) is 1.78. The third-order valence-electron chi connectivity index (χ3n) is 18.5. The Bertz CT molecular complexity index is 3150. The highest BCUT2D eigenvalue weighted by molar-refractivity contribution is 7.98. The van der Waals surface area contributed by atoms with E-state index in [0.717, 1.165) is 29.5 Å². The zero-order chi connectivity index (χ0) is 73.7. The number of primary amides is 1. The normalized spacial score (nSPS) is 23.4. The van der Waals surface area contributed by atoms with Gasteiger partial charge in [0.05, 0.1) is 56.7 Å². The van der Waals surface area contributed by atoms with E-state index in [-0.39, 0.29) is 146 Å². The molecule has 101 heavy (non-hydrogen) atoms. The van der Waals surface area contributed by atoms with Crippen LogP contribution in [0.2, 0.25) is 0 Å². The number of Topliss-reactive ketones (excluding diaryl/α,β-unsaturated/α-hetero) is 2. The molecule has 3 saturated heterocycles. The number of rotatable bonds is 23. The van der Waals surface area contributed by atoms with Crippen LogP contribution in [-0.4, -0.2) is 308 Å². The number of likely N-dealkylation sites (N-methyl/N-ethyl adjacent to an activating group) is 1. The van der Waals surface area contributed by atoms with Gasteiger partial charge in [0, 0.05) is 147 Å². The van der Waals surface area contributed by atoms with Gasteiger partial charge in [-0.15, -0.1) is 0 Å². The number of nitrogens with one attached hydrogen (secondary N) is 3. The highest BCUT2D eigenvalue weighted by Crippen LogP contribution is 2.28. The van der Waals surface area contributed by atoms with Crippen molar-refractivity contribution < 1.29 is 87.9 Å². The number of nitrogens with two attached hydrogens (primary N) is 1. The summed E-state index contributed by atoms with van der Waals surface area (Å²) in [4.78, 5) is 188. The summed E-state index contributed by atoms with van der Waals surface area (Å²) >= 11 is 2.70. The number of aliphatic hydroxyl groups is 1. The van der Waals surface area contributed by atoms with Crippen LogP contribution in [0.3, 0.4) is 0 Å². The van der Waals surface area contributed by atoms with Crippen molar-refractivity contribution in [3.8, 4) is 0 Å². The molecular weight excluding hydrogens is 1350 g/mol. The van der Waals surface area contributed by atoms with Crippen molar-refractivity contribution in [2.45, 2.75) is 133 Å². The van der Waals surface area contributed by atoms with E-state index < -0.39 is 127 Å². The lowest BCUT2D eigenvalue weighted by Crippen LogP contribution is -2.60. The molecular formula is C69H102N12O18S2. The fraction of sp³-hybridized carbons (Fsp3) is 0.638. The van der Waals surface area contributed by atoms with Gasteiger partial charge in [-0.25, -0.2) is 0 Å². The Kier molecular flexibility index (Phi) is 34.3. The Labute approximate surface area is 598 Å². The van der Waals surface area contributed by atoms with Crippen LogP contribution in [0.1, 0.15) is 100 Å². The first-order valence-electron chi connectivity index (χ1n) is 34.7. The fourth-order valence-electron chi connectivity index (χ4n) is 12.9. The lowest BCUT2D eigenvalue weighted by atomic mass is 9.95. The number of aliphatic carboxylic acids is 4. The van der Waals surface area contributed by atoms with Gasteiger partial charge in [-0.3, -0.25) is 86.8 Å². The quantitative estimate of drug-likeness (QED) is 0.0656. The highest BCUT2D eigenvalue weighted by Gasteiger charge is 2.40. The molecule has 7 atom stereocenters. The van der Waals surface area contributed by atoms with Crippen LogP contribution < -0.4 is 21.7 Å². The summed E-state index contributed by atoms with van der Waals surface area (Å²) in [5, 5.41) is 58.4. The highest BCUT2D eigenvalue weighted by atomic mass is 32.2. The first-order valence-corrected chi connectivity index (χ1v) is 37.0. The number of piperazine rings is 1. The molecule has 6 rings (SSSR count). The lowest BCUT2D eigenvalue weighted by Gasteiger charge is -2.37. The van der Waals surface area contributed by atoms with Crippen LogP contribution in [0.25, 0.3) is 0 Å². The summed E-state index contributed by atoms with van der Waals surface area (Å²) in [6.07, 6.45) is 0.0925. The van der Waals surface area contributed by atoms with Crippen molar-refractivity contribution in [2.24, 2.45) is 17.6 Å². The topological polar surface area (TPSA) is 411 Å². The van der Waals surface area contributed by atoms with Gasteiger partial charge in [0.15, 0.2) is 5.78 Å². The maximum Gasteiger partial charge on any atom is 0.317 e. The number of amides is 7. The summed E-state index contributed by atoms with van der Waals surface area (Å²) in [6.45, 7) is 6.11. The Hall–Kier alpha value is -7.59. The molecule has 558 valence electrons. The number of unbranched alkanes of at least 4 members (excludes halogenated alkanes) is 2. The number of carboxylic acid groups (broad SMARTS) is 4. The van der Waals surface area contributed by atoms with E-state index in [1.807, 2.05) is 30.0 Å². The number of nitrogens with zero attached hydrogens (tertiary/aromatic N) is 8. The monoisotopic (exact) mass is 1450 g/mol. The second-order valence-corrected chi connectivity index (χ2v) is 28.8. The number of aliphatic hydroxyl groups excluding tert-OH is 1. The van der Waals surface area contributed by atoms with Crippen molar-refractivity contribution in [2.75, 3.05) is 136 Å². The average molecular weight is 1450 g/mol. The molecule has 0 saturated carbocycles. The lowest BCUT2D eigenvalue weighted by molar-refractivity contribution is -0.145. The van der Waals surface area contributed by atoms with E-state index in [9.17, 15) is 87.9 Å². The molecule has 3 fully saturated rings. The zero-order valence-electron chi connectivity index (χ0n) is 58.2. The largest absolute Gasteiger partial charge is 0.481 e. The molecule has 0 aliphatic carbocycles. The minimum absolute atomic E-state index is 0.0179. The van der Waals surface area contributed by atoms with Gasteiger partial charge in [-0.1, -0.05) is 68.3 Å². The van der Waals surface area contributed by atoms with Crippen LogP contribution in [-0.2, 0) is 86.8 Å². The Balaban J connectivity index is 1.27. The summed E-state index contributed by atoms with van der Waals surface area (Å²) in [5.41, 5.74) is 8.67. The smallest absolute Gasteiger partial charge is 0.317 e. The first kappa shape index (κ1) is 82.4. The molecule has 0 unspecified atom stereocenters. The zero-order valence-corrected chi connectivity index (χ0v) is 59.8. The number of carbonyl (C=O) groups is 13. The fourth-order valence-corrected chi connectivity index (χ4v) is 15.0. The molecule has 2 aromatic rings. The van der Waals surface area contributed by atoms with Crippen LogP contribution >= 0.6 is 23.5 Å². The van der Waals surface area contributed by atoms with Crippen molar-refractivity contribution in [3.63, 3.8) is 0 Å². The minimum atomic E-state index is -1.70. The van der Waals surface area contributed by atoms with Crippen molar-refractivity contribution >= 4 is 100 Å². The van der Waals surface area contributed by atoms with Crippen LogP contribution in [0.5, 0.6) is 0 Å². The van der Waals surface area contributed by atoms with Crippen LogP contribution in [0.15, 0.2) is 48.5 Å². The van der Waals surface area contributed by atoms with Crippen molar-refractivity contribution in [1.82, 2.24) is 55.1 Å². The van der Waals surface area contributed by atoms with Crippen molar-refractivity contribution in [3.05, 3.63) is 70.8 Å². The molecule has 2 bridgehead atoms. The number of carboxylic acids is 4. The van der Waals surface area contributed by atoms with E-state index in [1.54, 1.807) is 49.9 Å². The van der Waals surface area contributed by atoms with Gasteiger partial charge in [-0.05, 0) is 61.3 Å². The molecule has 0 aromatic heterocycles. The summed E-state index contributed by atoms with van der Waals surface area (Å²) in [7, 11) is 1.46. The second-order valence-electron chi connectivity index (χ2n) is 26.7. The van der Waals surface area contributed by atoms with Gasteiger partial charge in [0.2, 0.25) is 41.4 Å². The van der Waals surface area contributed by atoms with Gasteiger partial charge in [0.1, 0.15) is 23.9 Å². The number of benzene rings is 2. The van der Waals surface area contributed by atoms with E-state index in [4.69, 9.17) is 5.73 Å². The summed E-state index contributed by atoms with van der Waals surface area (Å²) in [6, 6.07) is 8.91. The number of carbonyl (C=O) groups excluding carboxylic acids is 9. The van der Waals surface area contributed by atoms with Gasteiger partial charge in [-0.2, -0.15) is 23.5 Å². The first-order chi connectivity index (χ1) is 48.1. The third kappa shape index (κ3) is 28.6. The van der Waals surface area contributed by atoms with Crippen LogP contribution in [0.4, 0.5) is 0 Å². The molecule has 2 aromatic carbocycles. The van der Waals surface area contributed by atoms with Gasteiger partial charge >= 0.3 is 23.9 Å². The molecule has 32 heteroatoms. The maximum absolute atomic E-state index is 14.5. The SMILES string of the molecule is CCCCCC(=O)C[C@H]1CSCc2cc(cc(CN3CCN(C(=O)CN4CCN(CC(=O)O)CCN(CC(=O)O)CCN(CC(=O)O)CC4)CC3)c2)CSC[C@@H](C(=O)O)CC(=O)[C@H](Cc2ccccc2)NC(=O)[C@H](CCC(N)=O)NC(=O)[C@H]([C@@H](C)O)NC(=O)[C@@H]2CCCN2C(=O)CN(C)C1=O. The minimum Gasteiger partial charge on any atom is -0.481 e. The maximum atomic E-state index is 14.5.